The molecule has 2 heteroatoms. The molecule has 1 saturated carbocycles. The van der Waals surface area contributed by atoms with E-state index < -0.39 is 0 Å². The van der Waals surface area contributed by atoms with Gasteiger partial charge in [-0.2, -0.15) is 0 Å². The molecule has 1 aliphatic rings. The molecule has 42 valence electrons. The van der Waals surface area contributed by atoms with Gasteiger partial charge in [0.15, 0.2) is 0 Å². The van der Waals surface area contributed by atoms with Crippen molar-refractivity contribution < 1.29 is 10.1 Å². The zero-order valence-electron chi connectivity index (χ0n) is 4.26. The Kier molecular flexibility index (Phi) is 1.65. The number of hydrogen-bond donors (Lipinski definition) is 1. The van der Waals surface area contributed by atoms with E-state index in [-0.39, 0.29) is 0 Å². The van der Waals surface area contributed by atoms with Crippen molar-refractivity contribution in [2.75, 3.05) is 6.61 Å². The van der Waals surface area contributed by atoms with E-state index in [0.717, 1.165) is 12.3 Å². The monoisotopic (exact) mass is 102 g/mol. The Morgan fingerprint density at radius 1 is 1.57 bits per heavy atom. The summed E-state index contributed by atoms with van der Waals surface area (Å²) in [6.07, 6.45) is 3.71. The van der Waals surface area contributed by atoms with Crippen molar-refractivity contribution in [2.24, 2.45) is 5.92 Å². The second-order valence-electron chi connectivity index (χ2n) is 2.07. The molecule has 0 amide bonds. The molecule has 0 unspecified atom stereocenters. The molecule has 0 saturated heterocycles. The summed E-state index contributed by atoms with van der Waals surface area (Å²) in [5.41, 5.74) is 0. The van der Waals surface area contributed by atoms with Crippen molar-refractivity contribution >= 4 is 0 Å². The lowest BCUT2D eigenvalue weighted by atomic mass is 10.3. The van der Waals surface area contributed by atoms with Crippen LogP contribution in [0, 0.1) is 5.92 Å². The lowest BCUT2D eigenvalue weighted by Gasteiger charge is -1.89. The van der Waals surface area contributed by atoms with Gasteiger partial charge < -0.3 is 0 Å². The van der Waals surface area contributed by atoms with Crippen molar-refractivity contribution in [3.05, 3.63) is 0 Å². The Morgan fingerprint density at radius 2 is 2.29 bits per heavy atom. The Morgan fingerprint density at radius 3 is 2.71 bits per heavy atom. The third kappa shape index (κ3) is 1.90. The van der Waals surface area contributed by atoms with Crippen LogP contribution >= 0.6 is 0 Å². The summed E-state index contributed by atoms with van der Waals surface area (Å²) in [5.74, 6) is 0.868. The Labute approximate surface area is 43.0 Å². The topological polar surface area (TPSA) is 29.5 Å². The summed E-state index contributed by atoms with van der Waals surface area (Å²) in [6, 6.07) is 0. The van der Waals surface area contributed by atoms with E-state index >= 15 is 0 Å². The molecule has 1 N–H and O–H groups in total. The highest BCUT2D eigenvalue weighted by Crippen LogP contribution is 2.31. The van der Waals surface area contributed by atoms with Gasteiger partial charge in [0.2, 0.25) is 0 Å². The lowest BCUT2D eigenvalue weighted by molar-refractivity contribution is -0.243. The van der Waals surface area contributed by atoms with Crippen LogP contribution in [-0.4, -0.2) is 11.9 Å². The molecule has 1 aliphatic carbocycles. The largest absolute Gasteiger partial charge is 0.252 e. The van der Waals surface area contributed by atoms with Crippen LogP contribution in [0.1, 0.15) is 19.3 Å². The summed E-state index contributed by atoms with van der Waals surface area (Å²) >= 11 is 0. The van der Waals surface area contributed by atoms with E-state index in [0.29, 0.717) is 6.61 Å². The minimum Gasteiger partial charge on any atom is -0.252 e. The standard InChI is InChI=1S/C5H10O2/c6-7-4-3-5-1-2-5/h5-6H,1-4H2. The van der Waals surface area contributed by atoms with Crippen LogP contribution in [0.2, 0.25) is 0 Å². The Bertz CT molecular complexity index is 50.0. The van der Waals surface area contributed by atoms with E-state index in [9.17, 15) is 0 Å². The van der Waals surface area contributed by atoms with E-state index in [1.807, 2.05) is 0 Å². The fourth-order valence-electron chi connectivity index (χ4n) is 0.626. The fraction of sp³-hybridized carbons (Fsp3) is 1.00. The molecule has 1 fully saturated rings. The van der Waals surface area contributed by atoms with Crippen LogP contribution in [-0.2, 0) is 4.89 Å². The predicted molar refractivity (Wildman–Crippen MR) is 25.9 cm³/mol. The van der Waals surface area contributed by atoms with Gasteiger partial charge in [0, 0.05) is 0 Å². The summed E-state index contributed by atoms with van der Waals surface area (Å²) in [6.45, 7) is 0.519. The SMILES string of the molecule is OOCCC1CC1. The Hall–Kier alpha value is -0.0800. The van der Waals surface area contributed by atoms with Crippen molar-refractivity contribution in [3.63, 3.8) is 0 Å². The van der Waals surface area contributed by atoms with E-state index in [4.69, 9.17) is 5.26 Å². The smallest absolute Gasteiger partial charge is 0.0822 e. The first kappa shape index (κ1) is 5.06. The van der Waals surface area contributed by atoms with Crippen LogP contribution in [0.25, 0.3) is 0 Å². The van der Waals surface area contributed by atoms with Crippen molar-refractivity contribution in [2.45, 2.75) is 19.3 Å². The summed E-state index contributed by atoms with van der Waals surface area (Å²) in [7, 11) is 0. The summed E-state index contributed by atoms with van der Waals surface area (Å²) in [5, 5.41) is 7.84. The van der Waals surface area contributed by atoms with E-state index in [1.54, 1.807) is 0 Å². The molecule has 0 heterocycles. The maximum Gasteiger partial charge on any atom is 0.0822 e. The Balaban J connectivity index is 1.80. The summed E-state index contributed by atoms with van der Waals surface area (Å²) in [4.78, 5) is 3.89. The first-order valence-electron chi connectivity index (χ1n) is 2.70. The second-order valence-corrected chi connectivity index (χ2v) is 2.07. The third-order valence-electron chi connectivity index (χ3n) is 1.31. The normalized spacial score (nSPS) is 20.1. The average molecular weight is 102 g/mol. The molecule has 0 aromatic carbocycles. The molecular weight excluding hydrogens is 92.1 g/mol. The zero-order valence-corrected chi connectivity index (χ0v) is 4.26. The highest BCUT2D eigenvalue weighted by atomic mass is 17.1. The van der Waals surface area contributed by atoms with Crippen molar-refractivity contribution in [1.29, 1.82) is 0 Å². The van der Waals surface area contributed by atoms with Crippen LogP contribution < -0.4 is 0 Å². The van der Waals surface area contributed by atoms with Crippen LogP contribution in [0.3, 0.4) is 0 Å². The highest BCUT2D eigenvalue weighted by Gasteiger charge is 2.20. The van der Waals surface area contributed by atoms with Gasteiger partial charge in [-0.15, -0.1) is 0 Å². The molecular formula is C5H10O2. The lowest BCUT2D eigenvalue weighted by Crippen LogP contribution is -1.88. The zero-order chi connectivity index (χ0) is 5.11. The molecule has 0 radical (unpaired) electrons. The minimum absolute atomic E-state index is 0.519. The maximum atomic E-state index is 7.84. The van der Waals surface area contributed by atoms with Gasteiger partial charge in [-0.25, -0.2) is 4.89 Å². The van der Waals surface area contributed by atoms with Gasteiger partial charge in [0.1, 0.15) is 0 Å². The maximum absolute atomic E-state index is 7.84. The van der Waals surface area contributed by atoms with E-state index in [1.165, 1.54) is 12.8 Å². The van der Waals surface area contributed by atoms with Gasteiger partial charge in [0.05, 0.1) is 6.61 Å². The van der Waals surface area contributed by atoms with E-state index in [2.05, 4.69) is 4.89 Å². The third-order valence-corrected chi connectivity index (χ3v) is 1.31. The summed E-state index contributed by atoms with van der Waals surface area (Å²) < 4.78 is 0. The van der Waals surface area contributed by atoms with Gasteiger partial charge >= 0.3 is 0 Å². The molecule has 0 atom stereocenters. The van der Waals surface area contributed by atoms with Crippen LogP contribution in [0.4, 0.5) is 0 Å². The first-order chi connectivity index (χ1) is 3.43. The second kappa shape index (κ2) is 2.28. The average Bonchev–Trinajstić information content (AvgIpc) is 2.42. The van der Waals surface area contributed by atoms with Gasteiger partial charge in [-0.05, 0) is 12.3 Å². The predicted octanol–water partition coefficient (Wildman–Crippen LogP) is 1.28. The number of rotatable bonds is 3. The van der Waals surface area contributed by atoms with Gasteiger partial charge in [0.25, 0.3) is 0 Å². The quantitative estimate of drug-likeness (QED) is 0.429. The highest BCUT2D eigenvalue weighted by molar-refractivity contribution is 4.71. The molecule has 0 aromatic rings. The molecule has 0 aromatic heterocycles. The van der Waals surface area contributed by atoms with Gasteiger partial charge in [-0.1, -0.05) is 12.8 Å². The molecule has 0 aliphatic heterocycles. The number of hydrogen-bond acceptors (Lipinski definition) is 2. The molecule has 0 bridgehead atoms. The molecule has 0 spiro atoms. The minimum atomic E-state index is 0.519. The molecule has 7 heavy (non-hydrogen) atoms. The van der Waals surface area contributed by atoms with Crippen LogP contribution in [0.15, 0.2) is 0 Å². The molecule has 1 rings (SSSR count). The van der Waals surface area contributed by atoms with Gasteiger partial charge in [-0.3, -0.25) is 5.26 Å². The van der Waals surface area contributed by atoms with Crippen molar-refractivity contribution in [3.8, 4) is 0 Å². The molecule has 2 nitrogen and oxygen atoms in total. The first-order valence-corrected chi connectivity index (χ1v) is 2.70. The van der Waals surface area contributed by atoms with Crippen molar-refractivity contribution in [1.82, 2.24) is 0 Å². The fourth-order valence-corrected chi connectivity index (χ4v) is 0.626. The van der Waals surface area contributed by atoms with Crippen LogP contribution in [0.5, 0.6) is 0 Å².